The summed E-state index contributed by atoms with van der Waals surface area (Å²) in [5.41, 5.74) is 1.49. The Hall–Kier alpha value is -2.82. The zero-order chi connectivity index (χ0) is 18.9. The summed E-state index contributed by atoms with van der Waals surface area (Å²) in [5.74, 6) is 1.23. The van der Waals surface area contributed by atoms with Crippen LogP contribution in [0.3, 0.4) is 0 Å². The summed E-state index contributed by atoms with van der Waals surface area (Å²) >= 11 is 0. The van der Waals surface area contributed by atoms with Gasteiger partial charge in [0, 0.05) is 24.0 Å². The molecule has 138 valence electrons. The average Bonchev–Trinajstić information content (AvgIpc) is 2.66. The number of para-hydroxylation sites is 1. The molecule has 0 radical (unpaired) electrons. The molecule has 2 rings (SSSR count). The summed E-state index contributed by atoms with van der Waals surface area (Å²) in [5, 5.41) is 2.91. The van der Waals surface area contributed by atoms with E-state index in [2.05, 4.69) is 5.32 Å². The zero-order valence-electron chi connectivity index (χ0n) is 15.5. The smallest absolute Gasteiger partial charge is 0.220 e. The van der Waals surface area contributed by atoms with Crippen molar-refractivity contribution in [2.75, 3.05) is 13.7 Å². The van der Waals surface area contributed by atoms with Gasteiger partial charge in [0.2, 0.25) is 5.91 Å². The highest BCUT2D eigenvalue weighted by atomic mass is 16.5. The van der Waals surface area contributed by atoms with E-state index in [-0.39, 0.29) is 30.6 Å². The van der Waals surface area contributed by atoms with E-state index < -0.39 is 0 Å². The standard InChI is InChI=1S/C21H25NO4/c1-4-26-17-11-9-16(10-12-17)19(23)13-14-21(24)22-15(2)18-7-5-6-8-20(18)25-3/h5-12,15H,4,13-14H2,1-3H3,(H,22,24). The molecule has 0 aliphatic heterocycles. The molecule has 0 saturated carbocycles. The summed E-state index contributed by atoms with van der Waals surface area (Å²) in [6.07, 6.45) is 0.310. The molecule has 0 saturated heterocycles. The minimum atomic E-state index is -0.195. The van der Waals surface area contributed by atoms with Gasteiger partial charge in [-0.3, -0.25) is 9.59 Å². The van der Waals surface area contributed by atoms with E-state index >= 15 is 0 Å². The second kappa shape index (κ2) is 9.61. The topological polar surface area (TPSA) is 64.6 Å². The Morgan fingerprint density at radius 3 is 2.38 bits per heavy atom. The van der Waals surface area contributed by atoms with Crippen molar-refractivity contribution in [1.29, 1.82) is 0 Å². The predicted octanol–water partition coefficient (Wildman–Crippen LogP) is 3.93. The molecule has 0 fully saturated rings. The first-order valence-electron chi connectivity index (χ1n) is 8.73. The van der Waals surface area contributed by atoms with Gasteiger partial charge in [0.15, 0.2) is 5.78 Å². The van der Waals surface area contributed by atoms with Gasteiger partial charge in [-0.25, -0.2) is 0 Å². The highest BCUT2D eigenvalue weighted by Gasteiger charge is 2.15. The number of ether oxygens (including phenoxy) is 2. The number of carbonyl (C=O) groups is 2. The molecular formula is C21H25NO4. The van der Waals surface area contributed by atoms with Crippen LogP contribution in [0.1, 0.15) is 48.7 Å². The maximum Gasteiger partial charge on any atom is 0.220 e. The van der Waals surface area contributed by atoms with Crippen molar-refractivity contribution in [1.82, 2.24) is 5.32 Å². The quantitative estimate of drug-likeness (QED) is 0.692. The third-order valence-electron chi connectivity index (χ3n) is 4.05. The van der Waals surface area contributed by atoms with Crippen LogP contribution in [0.4, 0.5) is 0 Å². The summed E-state index contributed by atoms with van der Waals surface area (Å²) in [6.45, 7) is 4.38. The van der Waals surface area contributed by atoms with Gasteiger partial charge >= 0.3 is 0 Å². The van der Waals surface area contributed by atoms with E-state index in [1.54, 1.807) is 31.4 Å². The minimum Gasteiger partial charge on any atom is -0.496 e. The molecule has 26 heavy (non-hydrogen) atoms. The number of nitrogens with one attached hydrogen (secondary N) is 1. The van der Waals surface area contributed by atoms with Crippen LogP contribution in [0, 0.1) is 0 Å². The lowest BCUT2D eigenvalue weighted by Crippen LogP contribution is -2.27. The van der Waals surface area contributed by atoms with Crippen molar-refractivity contribution < 1.29 is 19.1 Å². The number of ketones is 1. The molecular weight excluding hydrogens is 330 g/mol. The number of hydrogen-bond donors (Lipinski definition) is 1. The Kier molecular flexibility index (Phi) is 7.21. The Morgan fingerprint density at radius 2 is 1.73 bits per heavy atom. The molecule has 5 nitrogen and oxygen atoms in total. The number of Topliss-reactive ketones (excluding diaryl/α,β-unsaturated/α-hetero) is 1. The molecule has 1 N–H and O–H groups in total. The molecule has 1 amide bonds. The summed E-state index contributed by atoms with van der Waals surface area (Å²) in [6, 6.07) is 14.3. The van der Waals surface area contributed by atoms with Crippen molar-refractivity contribution in [2.45, 2.75) is 32.7 Å². The van der Waals surface area contributed by atoms with Crippen LogP contribution in [-0.4, -0.2) is 25.4 Å². The first-order chi connectivity index (χ1) is 12.5. The van der Waals surface area contributed by atoms with Crippen molar-refractivity contribution in [3.63, 3.8) is 0 Å². The summed E-state index contributed by atoms with van der Waals surface area (Å²) in [7, 11) is 1.60. The van der Waals surface area contributed by atoms with E-state index in [1.807, 2.05) is 38.1 Å². The van der Waals surface area contributed by atoms with Crippen molar-refractivity contribution in [3.8, 4) is 11.5 Å². The maximum atomic E-state index is 12.2. The van der Waals surface area contributed by atoms with Gasteiger partial charge in [-0.15, -0.1) is 0 Å². The van der Waals surface area contributed by atoms with Crippen LogP contribution in [0.15, 0.2) is 48.5 Å². The lowest BCUT2D eigenvalue weighted by atomic mass is 10.0. The van der Waals surface area contributed by atoms with Gasteiger partial charge in [0.1, 0.15) is 11.5 Å². The lowest BCUT2D eigenvalue weighted by molar-refractivity contribution is -0.121. The monoisotopic (exact) mass is 355 g/mol. The average molecular weight is 355 g/mol. The Bertz CT molecular complexity index is 740. The van der Waals surface area contributed by atoms with Gasteiger partial charge in [-0.05, 0) is 44.2 Å². The first kappa shape index (κ1) is 19.5. The number of hydrogen-bond acceptors (Lipinski definition) is 4. The number of carbonyl (C=O) groups excluding carboxylic acids is 2. The van der Waals surface area contributed by atoms with Gasteiger partial charge in [-0.1, -0.05) is 18.2 Å². The van der Waals surface area contributed by atoms with Gasteiger partial charge in [0.05, 0.1) is 19.8 Å². The number of methoxy groups -OCH3 is 1. The normalized spacial score (nSPS) is 11.5. The van der Waals surface area contributed by atoms with Crippen molar-refractivity contribution in [2.24, 2.45) is 0 Å². The predicted molar refractivity (Wildman–Crippen MR) is 101 cm³/mol. The molecule has 1 unspecified atom stereocenters. The summed E-state index contributed by atoms with van der Waals surface area (Å²) < 4.78 is 10.7. The van der Waals surface area contributed by atoms with E-state index in [0.717, 1.165) is 17.1 Å². The first-order valence-corrected chi connectivity index (χ1v) is 8.73. The van der Waals surface area contributed by atoms with Gasteiger partial charge in [-0.2, -0.15) is 0 Å². The highest BCUT2D eigenvalue weighted by Crippen LogP contribution is 2.24. The lowest BCUT2D eigenvalue weighted by Gasteiger charge is -2.17. The second-order valence-corrected chi connectivity index (χ2v) is 5.91. The molecule has 0 aliphatic rings. The van der Waals surface area contributed by atoms with E-state index in [0.29, 0.717) is 12.2 Å². The van der Waals surface area contributed by atoms with Crippen LogP contribution in [0.2, 0.25) is 0 Å². The minimum absolute atomic E-state index is 0.0619. The molecule has 0 spiro atoms. The molecule has 2 aromatic carbocycles. The van der Waals surface area contributed by atoms with Gasteiger partial charge in [0.25, 0.3) is 0 Å². The molecule has 0 heterocycles. The van der Waals surface area contributed by atoms with Crippen LogP contribution >= 0.6 is 0 Å². The highest BCUT2D eigenvalue weighted by molar-refractivity contribution is 5.98. The second-order valence-electron chi connectivity index (χ2n) is 5.91. The molecule has 1 atom stereocenters. The fourth-order valence-electron chi connectivity index (χ4n) is 2.69. The third kappa shape index (κ3) is 5.34. The van der Waals surface area contributed by atoms with Crippen molar-refractivity contribution in [3.05, 3.63) is 59.7 Å². The molecule has 0 bridgehead atoms. The van der Waals surface area contributed by atoms with E-state index in [9.17, 15) is 9.59 Å². The fourth-order valence-corrected chi connectivity index (χ4v) is 2.69. The molecule has 0 aliphatic carbocycles. The van der Waals surface area contributed by atoms with E-state index in [4.69, 9.17) is 9.47 Å². The Labute approximate surface area is 154 Å². The Morgan fingerprint density at radius 1 is 1.04 bits per heavy atom. The van der Waals surface area contributed by atoms with E-state index in [1.165, 1.54) is 0 Å². The SMILES string of the molecule is CCOc1ccc(C(=O)CCC(=O)NC(C)c2ccccc2OC)cc1. The largest absolute Gasteiger partial charge is 0.496 e. The van der Waals surface area contributed by atoms with Crippen LogP contribution in [0.25, 0.3) is 0 Å². The zero-order valence-corrected chi connectivity index (χ0v) is 15.5. The van der Waals surface area contributed by atoms with Crippen LogP contribution in [0.5, 0.6) is 11.5 Å². The van der Waals surface area contributed by atoms with Gasteiger partial charge < -0.3 is 14.8 Å². The number of rotatable bonds is 9. The third-order valence-corrected chi connectivity index (χ3v) is 4.05. The molecule has 0 aromatic heterocycles. The maximum absolute atomic E-state index is 12.2. The summed E-state index contributed by atoms with van der Waals surface area (Å²) in [4.78, 5) is 24.4. The number of amides is 1. The number of benzene rings is 2. The molecule has 2 aromatic rings. The fraction of sp³-hybridized carbons (Fsp3) is 0.333. The van der Waals surface area contributed by atoms with Crippen LogP contribution in [-0.2, 0) is 4.79 Å². The Balaban J connectivity index is 1.86. The molecule has 5 heteroatoms. The van der Waals surface area contributed by atoms with Crippen LogP contribution < -0.4 is 14.8 Å². The van der Waals surface area contributed by atoms with Crippen molar-refractivity contribution >= 4 is 11.7 Å².